The standard InChI is InChI=1S/C27H28Br2N2O2S/c1-27(2,3)17-6-11-20-23(14-17)34-26(30-15-16-5-12-22(33-4)21(29)13-16)24(20)25(32)31-19-9-7-18(28)8-10-19/h5,7-10,12-13,15,17H,6,11,14H2,1-4H3,(H,31,32). The van der Waals surface area contributed by atoms with Crippen LogP contribution in [0.1, 0.15) is 53.6 Å². The van der Waals surface area contributed by atoms with Gasteiger partial charge in [-0.15, -0.1) is 11.3 Å². The Labute approximate surface area is 222 Å². The lowest BCUT2D eigenvalue weighted by molar-refractivity contribution is 0.102. The van der Waals surface area contributed by atoms with Crippen molar-refractivity contribution in [1.29, 1.82) is 0 Å². The molecule has 1 aliphatic carbocycles. The first kappa shape index (κ1) is 25.1. The van der Waals surface area contributed by atoms with Crippen LogP contribution in [-0.2, 0) is 12.8 Å². The second-order valence-corrected chi connectivity index (χ2v) is 12.5. The average Bonchev–Trinajstić information content (AvgIpc) is 3.16. The Morgan fingerprint density at radius 1 is 1.18 bits per heavy atom. The van der Waals surface area contributed by atoms with E-state index in [2.05, 4.69) is 57.9 Å². The van der Waals surface area contributed by atoms with Gasteiger partial charge in [0, 0.05) is 21.3 Å². The van der Waals surface area contributed by atoms with E-state index in [0.29, 0.717) is 11.5 Å². The van der Waals surface area contributed by atoms with Crippen molar-refractivity contribution < 1.29 is 9.53 Å². The van der Waals surface area contributed by atoms with Gasteiger partial charge in [-0.1, -0.05) is 36.7 Å². The van der Waals surface area contributed by atoms with E-state index in [-0.39, 0.29) is 11.3 Å². The molecule has 1 aliphatic rings. The molecule has 1 N–H and O–H groups in total. The van der Waals surface area contributed by atoms with Crippen molar-refractivity contribution in [2.45, 2.75) is 40.0 Å². The summed E-state index contributed by atoms with van der Waals surface area (Å²) in [7, 11) is 1.64. The van der Waals surface area contributed by atoms with Gasteiger partial charge in [0.25, 0.3) is 5.91 Å². The van der Waals surface area contributed by atoms with Gasteiger partial charge >= 0.3 is 0 Å². The molecule has 1 amide bonds. The highest BCUT2D eigenvalue weighted by atomic mass is 79.9. The van der Waals surface area contributed by atoms with E-state index >= 15 is 0 Å². The topological polar surface area (TPSA) is 50.7 Å². The number of aliphatic imine (C=N–C) groups is 1. The number of fused-ring (bicyclic) bond motifs is 1. The van der Waals surface area contributed by atoms with Crippen molar-refractivity contribution in [2.75, 3.05) is 12.4 Å². The van der Waals surface area contributed by atoms with Crippen molar-refractivity contribution in [3.8, 4) is 5.75 Å². The van der Waals surface area contributed by atoms with E-state index in [1.54, 1.807) is 18.4 Å². The van der Waals surface area contributed by atoms with Crippen LogP contribution in [0.4, 0.5) is 10.7 Å². The molecule has 0 saturated heterocycles. The number of methoxy groups -OCH3 is 1. The zero-order valence-corrected chi connectivity index (χ0v) is 23.7. The first-order valence-corrected chi connectivity index (χ1v) is 13.6. The fraction of sp³-hybridized carbons (Fsp3) is 0.333. The molecule has 1 unspecified atom stereocenters. The number of carbonyl (C=O) groups is 1. The van der Waals surface area contributed by atoms with Crippen LogP contribution in [0.5, 0.6) is 5.75 Å². The number of ether oxygens (including phenoxy) is 1. The third kappa shape index (κ3) is 5.64. The van der Waals surface area contributed by atoms with E-state index in [1.165, 1.54) is 4.88 Å². The van der Waals surface area contributed by atoms with Crippen molar-refractivity contribution in [1.82, 2.24) is 0 Å². The minimum Gasteiger partial charge on any atom is -0.496 e. The number of thiophene rings is 1. The number of amides is 1. The fourth-order valence-electron chi connectivity index (χ4n) is 4.26. The van der Waals surface area contributed by atoms with E-state index in [4.69, 9.17) is 9.73 Å². The molecule has 1 heterocycles. The molecular formula is C27H28Br2N2O2S. The van der Waals surface area contributed by atoms with Gasteiger partial charge in [-0.25, -0.2) is 4.99 Å². The smallest absolute Gasteiger partial charge is 0.259 e. The zero-order valence-electron chi connectivity index (χ0n) is 19.7. The van der Waals surface area contributed by atoms with Gasteiger partial charge in [0.15, 0.2) is 0 Å². The number of hydrogen-bond donors (Lipinski definition) is 1. The first-order chi connectivity index (χ1) is 16.2. The molecule has 0 bridgehead atoms. The molecule has 4 nitrogen and oxygen atoms in total. The van der Waals surface area contributed by atoms with Gasteiger partial charge in [-0.2, -0.15) is 0 Å². The van der Waals surface area contributed by atoms with Gasteiger partial charge in [-0.05, 0) is 100 Å². The molecule has 0 fully saturated rings. The molecule has 0 spiro atoms. The molecule has 2 aromatic carbocycles. The Hall–Kier alpha value is -1.96. The molecular weight excluding hydrogens is 576 g/mol. The summed E-state index contributed by atoms with van der Waals surface area (Å²) in [5.74, 6) is 1.26. The SMILES string of the molecule is COc1ccc(C=Nc2sc3c(c2C(=O)Nc2ccc(Br)cc2)CCC(C(C)(C)C)C3)cc1Br. The van der Waals surface area contributed by atoms with Crippen LogP contribution >= 0.6 is 43.2 Å². The Morgan fingerprint density at radius 2 is 1.91 bits per heavy atom. The fourth-order valence-corrected chi connectivity index (χ4v) is 6.35. The van der Waals surface area contributed by atoms with Crippen LogP contribution in [0, 0.1) is 11.3 Å². The van der Waals surface area contributed by atoms with Crippen LogP contribution < -0.4 is 10.1 Å². The summed E-state index contributed by atoms with van der Waals surface area (Å²) in [5.41, 5.74) is 3.80. The number of nitrogens with one attached hydrogen (secondary N) is 1. The summed E-state index contributed by atoms with van der Waals surface area (Å²) in [6.45, 7) is 6.91. The summed E-state index contributed by atoms with van der Waals surface area (Å²) in [5, 5.41) is 3.84. The number of nitrogens with zero attached hydrogens (tertiary/aromatic N) is 1. The maximum absolute atomic E-state index is 13.5. The Balaban J connectivity index is 1.69. The molecule has 0 aliphatic heterocycles. The molecule has 178 valence electrons. The molecule has 7 heteroatoms. The largest absolute Gasteiger partial charge is 0.496 e. The molecule has 0 saturated carbocycles. The highest BCUT2D eigenvalue weighted by Gasteiger charge is 2.33. The van der Waals surface area contributed by atoms with Gasteiger partial charge in [0.1, 0.15) is 10.8 Å². The maximum atomic E-state index is 13.5. The van der Waals surface area contributed by atoms with E-state index in [1.807, 2.05) is 48.7 Å². The Morgan fingerprint density at radius 3 is 2.56 bits per heavy atom. The Bertz CT molecular complexity index is 1230. The lowest BCUT2D eigenvalue weighted by atomic mass is 9.72. The average molecular weight is 604 g/mol. The van der Waals surface area contributed by atoms with Crippen LogP contribution in [-0.4, -0.2) is 19.2 Å². The summed E-state index contributed by atoms with van der Waals surface area (Å²) in [6, 6.07) is 13.5. The van der Waals surface area contributed by atoms with Crippen LogP contribution in [0.2, 0.25) is 0 Å². The summed E-state index contributed by atoms with van der Waals surface area (Å²) in [4.78, 5) is 19.6. The quantitative estimate of drug-likeness (QED) is 0.297. The van der Waals surface area contributed by atoms with Gasteiger partial charge < -0.3 is 10.1 Å². The lowest BCUT2D eigenvalue weighted by Crippen LogP contribution is -2.27. The number of halogens is 2. The van der Waals surface area contributed by atoms with E-state index < -0.39 is 0 Å². The molecule has 3 aromatic rings. The van der Waals surface area contributed by atoms with Crippen molar-refractivity contribution in [3.63, 3.8) is 0 Å². The number of carbonyl (C=O) groups excluding carboxylic acids is 1. The minimum absolute atomic E-state index is 0.0999. The predicted octanol–water partition coefficient (Wildman–Crippen LogP) is 8.44. The number of anilines is 1. The Kier molecular flexibility index (Phi) is 7.65. The van der Waals surface area contributed by atoms with Gasteiger partial charge in [-0.3, -0.25) is 4.79 Å². The minimum atomic E-state index is -0.0999. The number of hydrogen-bond acceptors (Lipinski definition) is 4. The predicted molar refractivity (Wildman–Crippen MR) is 149 cm³/mol. The second kappa shape index (κ2) is 10.3. The second-order valence-electron chi connectivity index (χ2n) is 9.60. The van der Waals surface area contributed by atoms with Crippen molar-refractivity contribution in [2.24, 2.45) is 16.3 Å². The molecule has 34 heavy (non-hydrogen) atoms. The summed E-state index contributed by atoms with van der Waals surface area (Å²) < 4.78 is 7.17. The summed E-state index contributed by atoms with van der Waals surface area (Å²) >= 11 is 8.63. The number of benzene rings is 2. The molecule has 0 radical (unpaired) electrons. The van der Waals surface area contributed by atoms with Gasteiger partial charge in [0.2, 0.25) is 0 Å². The van der Waals surface area contributed by atoms with Crippen LogP contribution in [0.3, 0.4) is 0 Å². The zero-order chi connectivity index (χ0) is 24.5. The summed E-state index contributed by atoms with van der Waals surface area (Å²) in [6.07, 6.45) is 4.80. The number of rotatable bonds is 5. The lowest BCUT2D eigenvalue weighted by Gasteiger charge is -2.33. The van der Waals surface area contributed by atoms with Crippen LogP contribution in [0.25, 0.3) is 0 Å². The highest BCUT2D eigenvalue weighted by Crippen LogP contribution is 2.45. The van der Waals surface area contributed by atoms with Crippen LogP contribution in [0.15, 0.2) is 56.4 Å². The monoisotopic (exact) mass is 602 g/mol. The van der Waals surface area contributed by atoms with E-state index in [0.717, 1.165) is 55.8 Å². The van der Waals surface area contributed by atoms with Crippen molar-refractivity contribution in [3.05, 3.63) is 73.0 Å². The third-order valence-corrected chi connectivity index (χ3v) is 8.62. The third-order valence-electron chi connectivity index (χ3n) is 6.31. The molecule has 4 rings (SSSR count). The normalized spacial score (nSPS) is 15.9. The maximum Gasteiger partial charge on any atom is 0.259 e. The van der Waals surface area contributed by atoms with Gasteiger partial charge in [0.05, 0.1) is 17.1 Å². The first-order valence-electron chi connectivity index (χ1n) is 11.2. The molecule has 1 atom stereocenters. The van der Waals surface area contributed by atoms with E-state index in [9.17, 15) is 4.79 Å². The van der Waals surface area contributed by atoms with Crippen molar-refractivity contribution >= 4 is 66.0 Å². The molecule has 1 aromatic heterocycles. The highest BCUT2D eigenvalue weighted by molar-refractivity contribution is 9.10.